The van der Waals surface area contributed by atoms with Crippen LogP contribution in [0.5, 0.6) is 0 Å². The average molecular weight is 603 g/mol. The van der Waals surface area contributed by atoms with E-state index in [4.69, 9.17) is 19.3 Å². The highest BCUT2D eigenvalue weighted by atomic mass is 31.2. The number of rotatable bonds is 29. The van der Waals surface area contributed by atoms with E-state index in [9.17, 15) is 14.2 Å². The van der Waals surface area contributed by atoms with Crippen LogP contribution < -0.4 is 0 Å². The molecule has 0 aromatic heterocycles. The lowest BCUT2D eigenvalue weighted by Crippen LogP contribution is -2.29. The summed E-state index contributed by atoms with van der Waals surface area (Å²) in [5, 5.41) is 0. The second-order valence-electron chi connectivity index (χ2n) is 10.8. The Bertz CT molecular complexity index is 731. The predicted molar refractivity (Wildman–Crippen MR) is 165 cm³/mol. The fourth-order valence-corrected chi connectivity index (χ4v) is 4.63. The van der Waals surface area contributed by atoms with Crippen molar-refractivity contribution >= 4 is 19.8 Å². The summed E-state index contributed by atoms with van der Waals surface area (Å²) >= 11 is 0. The number of carbonyl (C=O) groups excluding carboxylic acids is 2. The van der Waals surface area contributed by atoms with Crippen LogP contribution in [0.15, 0.2) is 24.3 Å². The molecule has 0 bridgehead atoms. The topological polar surface area (TPSA) is 119 Å². The molecule has 0 rings (SSSR count). The molecular formula is C32H59O8P. The van der Waals surface area contributed by atoms with Crippen molar-refractivity contribution in [2.24, 2.45) is 0 Å². The van der Waals surface area contributed by atoms with Crippen LogP contribution in [-0.4, -0.2) is 41.0 Å². The van der Waals surface area contributed by atoms with Gasteiger partial charge < -0.3 is 19.3 Å². The third-order valence-corrected chi connectivity index (χ3v) is 7.21. The first kappa shape index (κ1) is 39.5. The van der Waals surface area contributed by atoms with Gasteiger partial charge in [-0.2, -0.15) is 0 Å². The second kappa shape index (κ2) is 28.6. The van der Waals surface area contributed by atoms with Crippen molar-refractivity contribution in [3.05, 3.63) is 24.3 Å². The minimum atomic E-state index is -4.74. The van der Waals surface area contributed by atoms with Gasteiger partial charge in [-0.3, -0.25) is 14.1 Å². The Morgan fingerprint density at radius 2 is 1.12 bits per heavy atom. The van der Waals surface area contributed by atoms with Gasteiger partial charge in [-0.15, -0.1) is 0 Å². The average Bonchev–Trinajstić information content (AvgIpc) is 2.93. The SMILES string of the molecule is CCCC/C=C\C/C=C\CCCCCCCC(=O)OC[C@H](COP(=O)(O)O)OC(=O)CCCCCCCCCCC. The summed E-state index contributed by atoms with van der Waals surface area (Å²) in [6.07, 6.45) is 29.1. The molecular weight excluding hydrogens is 543 g/mol. The van der Waals surface area contributed by atoms with Gasteiger partial charge in [0.15, 0.2) is 6.10 Å². The van der Waals surface area contributed by atoms with E-state index in [1.54, 1.807) is 0 Å². The van der Waals surface area contributed by atoms with Crippen LogP contribution in [0.3, 0.4) is 0 Å². The highest BCUT2D eigenvalue weighted by Crippen LogP contribution is 2.35. The molecule has 0 aromatic rings. The first-order chi connectivity index (χ1) is 19.8. The monoisotopic (exact) mass is 602 g/mol. The molecule has 0 saturated carbocycles. The summed E-state index contributed by atoms with van der Waals surface area (Å²) in [6, 6.07) is 0. The van der Waals surface area contributed by atoms with Crippen LogP contribution in [0.1, 0.15) is 149 Å². The summed E-state index contributed by atoms with van der Waals surface area (Å²) < 4.78 is 26.1. The van der Waals surface area contributed by atoms with Crippen molar-refractivity contribution in [2.45, 2.75) is 155 Å². The van der Waals surface area contributed by atoms with E-state index in [0.717, 1.165) is 64.2 Å². The molecule has 0 aromatic carbocycles. The normalized spacial score (nSPS) is 12.8. The van der Waals surface area contributed by atoms with Gasteiger partial charge in [-0.1, -0.05) is 122 Å². The molecule has 0 aliphatic rings. The molecule has 0 heterocycles. The lowest BCUT2D eigenvalue weighted by atomic mass is 10.1. The maximum atomic E-state index is 12.2. The summed E-state index contributed by atoms with van der Waals surface area (Å²) in [5.41, 5.74) is 0. The van der Waals surface area contributed by atoms with Gasteiger partial charge in [-0.25, -0.2) is 4.57 Å². The highest BCUT2D eigenvalue weighted by molar-refractivity contribution is 7.46. The van der Waals surface area contributed by atoms with E-state index >= 15 is 0 Å². The van der Waals surface area contributed by atoms with Gasteiger partial charge in [0.1, 0.15) is 6.61 Å². The number of phosphoric acid groups is 1. The Labute approximate surface area is 249 Å². The van der Waals surface area contributed by atoms with Gasteiger partial charge >= 0.3 is 19.8 Å². The third kappa shape index (κ3) is 31.3. The largest absolute Gasteiger partial charge is 0.469 e. The van der Waals surface area contributed by atoms with E-state index in [-0.39, 0.29) is 19.4 Å². The van der Waals surface area contributed by atoms with Gasteiger partial charge in [0.2, 0.25) is 0 Å². The summed E-state index contributed by atoms with van der Waals surface area (Å²) in [5.74, 6) is -0.905. The molecule has 9 heteroatoms. The smallest absolute Gasteiger partial charge is 0.462 e. The minimum Gasteiger partial charge on any atom is -0.462 e. The molecule has 0 radical (unpaired) electrons. The molecule has 0 unspecified atom stereocenters. The zero-order valence-corrected chi connectivity index (χ0v) is 26.8. The summed E-state index contributed by atoms with van der Waals surface area (Å²) in [7, 11) is -4.74. The molecule has 0 aliphatic heterocycles. The van der Waals surface area contributed by atoms with Crippen LogP contribution in [0.2, 0.25) is 0 Å². The maximum Gasteiger partial charge on any atom is 0.469 e. The van der Waals surface area contributed by atoms with Crippen LogP contribution in [0.25, 0.3) is 0 Å². The Hall–Kier alpha value is -1.47. The van der Waals surface area contributed by atoms with E-state index in [0.29, 0.717) is 12.8 Å². The predicted octanol–water partition coefficient (Wildman–Crippen LogP) is 8.90. The van der Waals surface area contributed by atoms with E-state index in [2.05, 4.69) is 42.7 Å². The molecule has 41 heavy (non-hydrogen) atoms. The van der Waals surface area contributed by atoms with Crippen molar-refractivity contribution in [1.29, 1.82) is 0 Å². The standard InChI is InChI=1S/C32H59O8P/c1-3-5-7-9-11-13-14-15-16-17-19-20-22-24-26-31(33)38-28-30(29-39-41(35,36)37)40-32(34)27-25-23-21-18-12-10-8-6-4-2/h9,11,14-15,30H,3-8,10,12-13,16-29H2,1-2H3,(H2,35,36,37)/b11-9-,15-14-/t30-/m1/s1. The lowest BCUT2D eigenvalue weighted by Gasteiger charge is -2.18. The van der Waals surface area contributed by atoms with Crippen molar-refractivity contribution in [3.8, 4) is 0 Å². The molecule has 0 spiro atoms. The molecule has 0 amide bonds. The van der Waals surface area contributed by atoms with Gasteiger partial charge in [0.05, 0.1) is 6.61 Å². The minimum absolute atomic E-state index is 0.210. The number of hydrogen-bond donors (Lipinski definition) is 2. The Morgan fingerprint density at radius 3 is 1.68 bits per heavy atom. The van der Waals surface area contributed by atoms with Crippen LogP contribution in [0, 0.1) is 0 Å². The maximum absolute atomic E-state index is 12.2. The van der Waals surface area contributed by atoms with Crippen molar-refractivity contribution < 1.29 is 37.9 Å². The molecule has 0 fully saturated rings. The van der Waals surface area contributed by atoms with Crippen LogP contribution >= 0.6 is 7.82 Å². The van der Waals surface area contributed by atoms with Crippen molar-refractivity contribution in [1.82, 2.24) is 0 Å². The van der Waals surface area contributed by atoms with Gasteiger partial charge in [-0.05, 0) is 38.5 Å². The molecule has 8 nitrogen and oxygen atoms in total. The molecule has 0 aliphatic carbocycles. The molecule has 1 atom stereocenters. The van der Waals surface area contributed by atoms with E-state index < -0.39 is 32.5 Å². The zero-order valence-electron chi connectivity index (χ0n) is 25.9. The van der Waals surface area contributed by atoms with E-state index in [1.165, 1.54) is 44.9 Å². The first-order valence-electron chi connectivity index (χ1n) is 16.1. The van der Waals surface area contributed by atoms with Crippen LogP contribution in [0.4, 0.5) is 0 Å². The Kier molecular flexibility index (Phi) is 27.6. The number of ether oxygens (including phenoxy) is 2. The third-order valence-electron chi connectivity index (χ3n) is 6.72. The highest BCUT2D eigenvalue weighted by Gasteiger charge is 2.22. The van der Waals surface area contributed by atoms with Crippen LogP contribution in [-0.2, 0) is 28.2 Å². The lowest BCUT2D eigenvalue weighted by molar-refractivity contribution is -0.161. The first-order valence-corrected chi connectivity index (χ1v) is 17.7. The fourth-order valence-electron chi connectivity index (χ4n) is 4.27. The zero-order chi connectivity index (χ0) is 30.4. The van der Waals surface area contributed by atoms with Crippen molar-refractivity contribution in [2.75, 3.05) is 13.2 Å². The number of allylic oxidation sites excluding steroid dienone is 4. The molecule has 2 N–H and O–H groups in total. The quantitative estimate of drug-likeness (QED) is 0.0377. The Morgan fingerprint density at radius 1 is 0.634 bits per heavy atom. The number of phosphoric ester groups is 1. The number of carbonyl (C=O) groups is 2. The number of hydrogen-bond acceptors (Lipinski definition) is 6. The molecule has 0 saturated heterocycles. The Balaban J connectivity index is 4.04. The number of unbranched alkanes of at least 4 members (excludes halogenated alkanes) is 15. The second-order valence-corrected chi connectivity index (χ2v) is 12.0. The van der Waals surface area contributed by atoms with Gasteiger partial charge in [0.25, 0.3) is 0 Å². The summed E-state index contributed by atoms with van der Waals surface area (Å²) in [6.45, 7) is 3.57. The summed E-state index contributed by atoms with van der Waals surface area (Å²) in [4.78, 5) is 42.4. The fraction of sp³-hybridized carbons (Fsp3) is 0.812. The van der Waals surface area contributed by atoms with E-state index in [1.807, 2.05) is 0 Å². The number of esters is 2. The van der Waals surface area contributed by atoms with Gasteiger partial charge in [0, 0.05) is 12.8 Å². The van der Waals surface area contributed by atoms with Crippen molar-refractivity contribution in [3.63, 3.8) is 0 Å². The molecule has 240 valence electrons.